The van der Waals surface area contributed by atoms with Crippen LogP contribution in [0.1, 0.15) is 26.6 Å². The summed E-state index contributed by atoms with van der Waals surface area (Å²) in [6, 6.07) is 14.9. The molecule has 0 saturated heterocycles. The molecular formula is C20H22ClN3O2. The summed E-state index contributed by atoms with van der Waals surface area (Å²) in [4.78, 5) is 17.2. The largest absolute Gasteiger partial charge is 0.478 e. The Hall–Kier alpha value is -2.53. The van der Waals surface area contributed by atoms with Crippen LogP contribution in [-0.2, 0) is 17.9 Å². The summed E-state index contributed by atoms with van der Waals surface area (Å²) in [7, 11) is 0. The molecule has 3 rings (SSSR count). The van der Waals surface area contributed by atoms with Crippen molar-refractivity contribution in [1.29, 1.82) is 0 Å². The zero-order valence-electron chi connectivity index (χ0n) is 15.1. The molecule has 0 aliphatic rings. The Morgan fingerprint density at radius 3 is 2.58 bits per heavy atom. The van der Waals surface area contributed by atoms with Gasteiger partial charge in [-0.15, -0.1) is 0 Å². The number of para-hydroxylation sites is 2. The van der Waals surface area contributed by atoms with E-state index in [-0.39, 0.29) is 5.91 Å². The third-order valence-corrected chi connectivity index (χ3v) is 4.44. The summed E-state index contributed by atoms with van der Waals surface area (Å²) in [6.07, 6.45) is 0. The second-order valence-electron chi connectivity index (χ2n) is 6.51. The summed E-state index contributed by atoms with van der Waals surface area (Å²) in [5, 5.41) is 3.56. The molecule has 2 aromatic carbocycles. The first-order valence-electron chi connectivity index (χ1n) is 8.57. The minimum absolute atomic E-state index is 0.206. The number of carbonyl (C=O) groups excluding carboxylic acids is 1. The van der Waals surface area contributed by atoms with E-state index < -0.39 is 5.60 Å². The number of carbonyl (C=O) groups is 1. The van der Waals surface area contributed by atoms with Crippen LogP contribution in [0.5, 0.6) is 5.75 Å². The third-order valence-electron chi connectivity index (χ3n) is 4.19. The number of imidazole rings is 1. The second-order valence-corrected chi connectivity index (χ2v) is 6.95. The predicted octanol–water partition coefficient (Wildman–Crippen LogP) is 4.18. The lowest BCUT2D eigenvalue weighted by molar-refractivity contribution is -0.134. The molecule has 0 saturated carbocycles. The smallest absolute Gasteiger partial charge is 0.263 e. The van der Waals surface area contributed by atoms with Gasteiger partial charge in [0.2, 0.25) is 0 Å². The van der Waals surface area contributed by atoms with Crippen molar-refractivity contribution in [2.45, 2.75) is 39.5 Å². The van der Waals surface area contributed by atoms with Crippen molar-refractivity contribution in [3.63, 3.8) is 0 Å². The number of aryl methyl sites for hydroxylation is 1. The van der Waals surface area contributed by atoms with E-state index in [0.717, 1.165) is 23.4 Å². The Balaban J connectivity index is 1.70. The highest BCUT2D eigenvalue weighted by Crippen LogP contribution is 2.21. The lowest BCUT2D eigenvalue weighted by Crippen LogP contribution is -2.46. The van der Waals surface area contributed by atoms with Crippen LogP contribution in [0.2, 0.25) is 5.02 Å². The van der Waals surface area contributed by atoms with Crippen molar-refractivity contribution >= 4 is 28.5 Å². The molecule has 1 aromatic heterocycles. The minimum atomic E-state index is -1.02. The normalized spacial score (nSPS) is 11.5. The SMILES string of the molecule is CCn1c(CNC(=O)C(C)(C)Oc2ccc(Cl)cc2)nc2ccccc21. The molecule has 0 fully saturated rings. The predicted molar refractivity (Wildman–Crippen MR) is 103 cm³/mol. The lowest BCUT2D eigenvalue weighted by Gasteiger charge is -2.25. The molecule has 0 aliphatic heterocycles. The van der Waals surface area contributed by atoms with Gasteiger partial charge in [0.25, 0.3) is 5.91 Å². The summed E-state index contributed by atoms with van der Waals surface area (Å²) in [5.41, 5.74) is 0.975. The van der Waals surface area contributed by atoms with E-state index >= 15 is 0 Å². The number of hydrogen-bond acceptors (Lipinski definition) is 3. The standard InChI is InChI=1S/C20H22ClN3O2/c1-4-24-17-8-6-5-7-16(17)23-18(24)13-22-19(25)20(2,3)26-15-11-9-14(21)10-12-15/h5-12H,4,13H2,1-3H3,(H,22,25). The van der Waals surface area contributed by atoms with Gasteiger partial charge in [-0.3, -0.25) is 4.79 Å². The summed E-state index contributed by atoms with van der Waals surface area (Å²) >= 11 is 5.88. The highest BCUT2D eigenvalue weighted by Gasteiger charge is 2.30. The fraction of sp³-hybridized carbons (Fsp3) is 0.300. The van der Waals surface area contributed by atoms with Gasteiger partial charge in [0, 0.05) is 11.6 Å². The van der Waals surface area contributed by atoms with E-state index in [2.05, 4.69) is 21.8 Å². The third kappa shape index (κ3) is 3.83. The van der Waals surface area contributed by atoms with Crippen LogP contribution in [0.25, 0.3) is 11.0 Å². The summed E-state index contributed by atoms with van der Waals surface area (Å²) in [6.45, 7) is 6.66. The van der Waals surface area contributed by atoms with Gasteiger partial charge in [0.15, 0.2) is 5.60 Å². The van der Waals surface area contributed by atoms with Crippen LogP contribution in [0, 0.1) is 0 Å². The Morgan fingerprint density at radius 1 is 1.19 bits per heavy atom. The fourth-order valence-corrected chi connectivity index (χ4v) is 2.96. The number of benzene rings is 2. The maximum absolute atomic E-state index is 12.6. The molecule has 0 spiro atoms. The number of amides is 1. The first-order valence-corrected chi connectivity index (χ1v) is 8.95. The van der Waals surface area contributed by atoms with Crippen LogP contribution in [-0.4, -0.2) is 21.1 Å². The number of nitrogens with zero attached hydrogens (tertiary/aromatic N) is 2. The van der Waals surface area contributed by atoms with Crippen molar-refractivity contribution in [1.82, 2.24) is 14.9 Å². The second kappa shape index (κ2) is 7.38. The summed E-state index contributed by atoms with van der Waals surface area (Å²) in [5.74, 6) is 1.21. The molecular weight excluding hydrogens is 350 g/mol. The monoisotopic (exact) mass is 371 g/mol. The first-order chi connectivity index (χ1) is 12.4. The van der Waals surface area contributed by atoms with Crippen LogP contribution in [0.3, 0.4) is 0 Å². The topological polar surface area (TPSA) is 56.2 Å². The van der Waals surface area contributed by atoms with Gasteiger partial charge < -0.3 is 14.6 Å². The molecule has 1 N–H and O–H groups in total. The number of rotatable bonds is 6. The van der Waals surface area contributed by atoms with Gasteiger partial charge >= 0.3 is 0 Å². The summed E-state index contributed by atoms with van der Waals surface area (Å²) < 4.78 is 7.92. The van der Waals surface area contributed by atoms with Crippen LogP contribution >= 0.6 is 11.6 Å². The van der Waals surface area contributed by atoms with Gasteiger partial charge in [-0.25, -0.2) is 4.98 Å². The zero-order chi connectivity index (χ0) is 18.7. The molecule has 0 unspecified atom stereocenters. The maximum Gasteiger partial charge on any atom is 0.263 e. The quantitative estimate of drug-likeness (QED) is 0.707. The maximum atomic E-state index is 12.6. The number of ether oxygens (including phenoxy) is 1. The fourth-order valence-electron chi connectivity index (χ4n) is 2.83. The molecule has 1 amide bonds. The van der Waals surface area contributed by atoms with Crippen molar-refractivity contribution < 1.29 is 9.53 Å². The molecule has 1 heterocycles. The molecule has 0 radical (unpaired) electrons. The molecule has 6 heteroatoms. The van der Waals surface area contributed by atoms with E-state index in [1.165, 1.54) is 0 Å². The highest BCUT2D eigenvalue weighted by molar-refractivity contribution is 6.30. The number of aromatic nitrogens is 2. The van der Waals surface area contributed by atoms with E-state index in [4.69, 9.17) is 16.3 Å². The van der Waals surface area contributed by atoms with Gasteiger partial charge in [0.05, 0.1) is 17.6 Å². The van der Waals surface area contributed by atoms with Crippen LogP contribution in [0.15, 0.2) is 48.5 Å². The van der Waals surface area contributed by atoms with Crippen LogP contribution < -0.4 is 10.1 Å². The van der Waals surface area contributed by atoms with Gasteiger partial charge in [-0.2, -0.15) is 0 Å². The Labute approximate surface area is 157 Å². The van der Waals surface area contributed by atoms with Crippen molar-refractivity contribution in [3.05, 3.63) is 59.4 Å². The zero-order valence-corrected chi connectivity index (χ0v) is 15.9. The van der Waals surface area contributed by atoms with Crippen LogP contribution in [0.4, 0.5) is 0 Å². The van der Waals surface area contributed by atoms with Gasteiger partial charge in [0.1, 0.15) is 11.6 Å². The van der Waals surface area contributed by atoms with E-state index in [1.807, 2.05) is 24.3 Å². The van der Waals surface area contributed by atoms with Crippen molar-refractivity contribution in [3.8, 4) is 5.75 Å². The molecule has 0 bridgehead atoms. The van der Waals surface area contributed by atoms with E-state index in [1.54, 1.807) is 38.1 Å². The average Bonchev–Trinajstić information content (AvgIpc) is 2.98. The minimum Gasteiger partial charge on any atom is -0.478 e. The molecule has 26 heavy (non-hydrogen) atoms. The Kier molecular flexibility index (Phi) is 5.18. The molecule has 0 atom stereocenters. The molecule has 3 aromatic rings. The molecule has 5 nitrogen and oxygen atoms in total. The first kappa shape index (κ1) is 18.3. The van der Waals surface area contributed by atoms with Crippen molar-refractivity contribution in [2.75, 3.05) is 0 Å². The Morgan fingerprint density at radius 2 is 1.88 bits per heavy atom. The number of hydrogen-bond donors (Lipinski definition) is 1. The van der Waals surface area contributed by atoms with Gasteiger partial charge in [-0.05, 0) is 57.2 Å². The van der Waals surface area contributed by atoms with Gasteiger partial charge in [-0.1, -0.05) is 23.7 Å². The number of halogens is 1. The molecule has 0 aliphatic carbocycles. The average molecular weight is 372 g/mol. The highest BCUT2D eigenvalue weighted by atomic mass is 35.5. The number of fused-ring (bicyclic) bond motifs is 1. The Bertz CT molecular complexity index is 916. The number of nitrogens with one attached hydrogen (secondary N) is 1. The lowest BCUT2D eigenvalue weighted by atomic mass is 10.1. The van der Waals surface area contributed by atoms with E-state index in [9.17, 15) is 4.79 Å². The molecule has 136 valence electrons. The van der Waals surface area contributed by atoms with Crippen molar-refractivity contribution in [2.24, 2.45) is 0 Å². The van der Waals surface area contributed by atoms with E-state index in [0.29, 0.717) is 17.3 Å².